The molecule has 514 valence electrons. The number of carbonyl (C=O) groups is 2. The van der Waals surface area contributed by atoms with Crippen molar-refractivity contribution < 1.29 is 42.1 Å². The van der Waals surface area contributed by atoms with Gasteiger partial charge in [-0.05, 0) is 103 Å². The summed E-state index contributed by atoms with van der Waals surface area (Å²) in [5.41, 5.74) is 0. The fourth-order valence-corrected chi connectivity index (χ4v) is 10.5. The molecule has 0 aliphatic carbocycles. The Bertz CT molecular complexity index is 2030. The molecular formula is C80H136NO8P. The third-order valence-electron chi connectivity index (χ3n) is 15.4. The van der Waals surface area contributed by atoms with Gasteiger partial charge in [-0.3, -0.25) is 14.2 Å². The minimum atomic E-state index is -4.66. The van der Waals surface area contributed by atoms with Crippen molar-refractivity contribution in [1.29, 1.82) is 0 Å². The minimum Gasteiger partial charge on any atom is -0.756 e. The van der Waals surface area contributed by atoms with E-state index in [1.54, 1.807) is 0 Å². The van der Waals surface area contributed by atoms with Crippen molar-refractivity contribution in [3.63, 3.8) is 0 Å². The SMILES string of the molecule is CC/C=C\C/C=C\C/C=C\C/C=C\C/C=C\C/C=C\C/C=C\C/C=C\C/C=C\C/C=C\C/C=C\C/C=C\CCCCC(=O)OC(COC(=O)CCCCCCCCCCCCCCCCCCCCCCCCCCCCC)COP(=O)([O-])OCC[N+](C)(C)C. The molecule has 10 heteroatoms. The highest BCUT2D eigenvalue weighted by Crippen LogP contribution is 2.38. The molecule has 90 heavy (non-hydrogen) atoms. The topological polar surface area (TPSA) is 111 Å². The highest BCUT2D eigenvalue weighted by Gasteiger charge is 2.22. The molecule has 0 aliphatic rings. The van der Waals surface area contributed by atoms with Crippen molar-refractivity contribution in [1.82, 2.24) is 0 Å². The maximum atomic E-state index is 12.9. The fraction of sp³-hybridized carbons (Fsp3) is 0.675. The molecule has 0 saturated carbocycles. The average Bonchev–Trinajstić information content (AvgIpc) is 3.58. The van der Waals surface area contributed by atoms with Crippen LogP contribution in [0.3, 0.4) is 0 Å². The number of hydrogen-bond acceptors (Lipinski definition) is 8. The second-order valence-corrected chi connectivity index (χ2v) is 26.6. The molecule has 0 aromatic heterocycles. The average molecular weight is 1270 g/mol. The largest absolute Gasteiger partial charge is 0.756 e. The molecule has 2 atom stereocenters. The van der Waals surface area contributed by atoms with E-state index < -0.39 is 32.5 Å². The fourth-order valence-electron chi connectivity index (χ4n) is 9.82. The van der Waals surface area contributed by atoms with Crippen molar-refractivity contribution >= 4 is 19.8 Å². The number of likely N-dealkylation sites (N-methyl/N-ethyl adjacent to an activating group) is 1. The van der Waals surface area contributed by atoms with Gasteiger partial charge < -0.3 is 27.9 Å². The predicted molar refractivity (Wildman–Crippen MR) is 387 cm³/mol. The van der Waals surface area contributed by atoms with Crippen molar-refractivity contribution in [3.8, 4) is 0 Å². The predicted octanol–water partition coefficient (Wildman–Crippen LogP) is 23.5. The Kier molecular flexibility index (Phi) is 66.1. The summed E-state index contributed by atoms with van der Waals surface area (Å²) in [7, 11) is 1.13. The number of phosphoric acid groups is 1. The quantitative estimate of drug-likeness (QED) is 0.0195. The maximum Gasteiger partial charge on any atom is 0.306 e. The minimum absolute atomic E-state index is 0.0454. The summed E-state index contributed by atoms with van der Waals surface area (Å²) in [6.07, 6.45) is 102. The highest BCUT2D eigenvalue weighted by molar-refractivity contribution is 7.45. The van der Waals surface area contributed by atoms with Gasteiger partial charge in [-0.25, -0.2) is 0 Å². The summed E-state index contributed by atoms with van der Waals surface area (Å²) < 4.78 is 34.3. The van der Waals surface area contributed by atoms with E-state index in [1.807, 2.05) is 21.1 Å². The number of ether oxygens (including phenoxy) is 2. The van der Waals surface area contributed by atoms with Crippen LogP contribution in [0.25, 0.3) is 0 Å². The number of nitrogens with zero attached hydrogens (tertiary/aromatic N) is 1. The zero-order chi connectivity index (χ0) is 65.5. The molecule has 0 spiro atoms. The molecule has 0 bridgehead atoms. The standard InChI is InChI=1S/C80H136NO8P/c1-6-8-10-12-14-16-18-20-22-24-26-28-30-32-34-35-36-37-38-39-40-41-42-43-44-45-47-49-51-53-55-57-59-61-63-65-67-69-71-73-80(83)89-78(77-88-90(84,85)87-75-74-81(3,4)5)76-86-79(82)72-70-68-66-64-62-60-58-56-54-52-50-48-46-33-31-29-27-25-23-21-19-17-15-13-11-9-7-2/h8,10,14,16,20,22,26,28,32,34,36-37,39-40,42-43,45,47,51,53,57,59,63,65,78H,6-7,9,11-13,15,17-19,21,23-25,27,29-31,33,35,38,41,44,46,48-50,52,54-56,58,60-62,64,66-77H2,1-5H3/b10-8-,16-14-,22-20-,28-26-,34-32-,37-36-,40-39-,43-42-,47-45-,53-51-,59-57-,65-63-. The van der Waals surface area contributed by atoms with Gasteiger partial charge in [-0.1, -0.05) is 327 Å². The monoisotopic (exact) mass is 1270 g/mol. The highest BCUT2D eigenvalue weighted by atomic mass is 31.2. The maximum absolute atomic E-state index is 12.9. The smallest absolute Gasteiger partial charge is 0.306 e. The molecule has 0 amide bonds. The second-order valence-electron chi connectivity index (χ2n) is 25.2. The van der Waals surface area contributed by atoms with Crippen LogP contribution < -0.4 is 4.89 Å². The molecule has 0 aliphatic heterocycles. The number of unbranched alkanes of at least 4 members (excludes halogenated alkanes) is 28. The molecular weight excluding hydrogens is 1130 g/mol. The van der Waals surface area contributed by atoms with Crippen molar-refractivity contribution in [2.45, 2.75) is 302 Å². The summed E-state index contributed by atoms with van der Waals surface area (Å²) in [5.74, 6) is -0.884. The summed E-state index contributed by atoms with van der Waals surface area (Å²) >= 11 is 0. The van der Waals surface area contributed by atoms with Gasteiger partial charge in [0, 0.05) is 12.8 Å². The zero-order valence-corrected chi connectivity index (χ0v) is 59.4. The Morgan fingerprint density at radius 1 is 0.356 bits per heavy atom. The lowest BCUT2D eigenvalue weighted by atomic mass is 10.0. The van der Waals surface area contributed by atoms with Gasteiger partial charge in [-0.2, -0.15) is 0 Å². The lowest BCUT2D eigenvalue weighted by Gasteiger charge is -2.28. The summed E-state index contributed by atoms with van der Waals surface area (Å²) in [4.78, 5) is 38.1. The van der Waals surface area contributed by atoms with Crippen molar-refractivity contribution in [3.05, 3.63) is 146 Å². The van der Waals surface area contributed by atoms with Crippen LogP contribution in [0, 0.1) is 0 Å². The number of allylic oxidation sites excluding steroid dienone is 24. The first-order valence-electron chi connectivity index (χ1n) is 36.5. The van der Waals surface area contributed by atoms with Crippen LogP contribution in [-0.2, 0) is 32.7 Å². The Hall–Kier alpha value is -4.11. The normalized spacial score (nSPS) is 14.0. The van der Waals surface area contributed by atoms with Crippen LogP contribution >= 0.6 is 7.82 Å². The molecule has 0 aromatic carbocycles. The molecule has 0 heterocycles. The molecule has 0 N–H and O–H groups in total. The Labute approximate surface area is 554 Å². The lowest BCUT2D eigenvalue weighted by molar-refractivity contribution is -0.870. The molecule has 9 nitrogen and oxygen atoms in total. The number of phosphoric ester groups is 1. The number of hydrogen-bond donors (Lipinski definition) is 0. The van der Waals surface area contributed by atoms with E-state index >= 15 is 0 Å². The second kappa shape index (κ2) is 69.2. The van der Waals surface area contributed by atoms with Gasteiger partial charge >= 0.3 is 11.9 Å². The van der Waals surface area contributed by atoms with Crippen LogP contribution in [0.4, 0.5) is 0 Å². The molecule has 0 radical (unpaired) electrons. The summed E-state index contributed by atoms with van der Waals surface area (Å²) in [6, 6.07) is 0. The summed E-state index contributed by atoms with van der Waals surface area (Å²) in [5, 5.41) is 0. The Balaban J connectivity index is 4.17. The van der Waals surface area contributed by atoms with Gasteiger partial charge in [0.2, 0.25) is 0 Å². The first-order valence-corrected chi connectivity index (χ1v) is 38.0. The third-order valence-corrected chi connectivity index (χ3v) is 16.3. The van der Waals surface area contributed by atoms with E-state index in [9.17, 15) is 19.0 Å². The number of rotatable bonds is 66. The number of esters is 2. The van der Waals surface area contributed by atoms with Gasteiger partial charge in [0.1, 0.15) is 19.8 Å². The van der Waals surface area contributed by atoms with Crippen molar-refractivity contribution in [2.75, 3.05) is 47.5 Å². The third kappa shape index (κ3) is 72.9. The lowest BCUT2D eigenvalue weighted by Crippen LogP contribution is -2.37. The zero-order valence-electron chi connectivity index (χ0n) is 58.5. The van der Waals surface area contributed by atoms with Crippen LogP contribution in [0.2, 0.25) is 0 Å². The van der Waals surface area contributed by atoms with Crippen LogP contribution in [0.1, 0.15) is 296 Å². The van der Waals surface area contributed by atoms with Crippen LogP contribution in [-0.4, -0.2) is 70.0 Å². The van der Waals surface area contributed by atoms with E-state index in [4.69, 9.17) is 18.5 Å². The van der Waals surface area contributed by atoms with Crippen molar-refractivity contribution in [2.24, 2.45) is 0 Å². The molecule has 0 saturated heterocycles. The molecule has 2 unspecified atom stereocenters. The number of carbonyl (C=O) groups excluding carboxylic acids is 2. The first kappa shape index (κ1) is 85.9. The molecule has 0 aromatic rings. The van der Waals surface area contributed by atoms with Gasteiger partial charge in [0.05, 0.1) is 27.7 Å². The van der Waals surface area contributed by atoms with Gasteiger partial charge in [0.25, 0.3) is 7.82 Å². The Morgan fingerprint density at radius 2 is 0.633 bits per heavy atom. The summed E-state index contributed by atoms with van der Waals surface area (Å²) in [6.45, 7) is 4.10. The van der Waals surface area contributed by atoms with Crippen LogP contribution in [0.5, 0.6) is 0 Å². The Morgan fingerprint density at radius 3 is 0.944 bits per heavy atom. The molecule has 0 fully saturated rings. The van der Waals surface area contributed by atoms with Gasteiger partial charge in [-0.15, -0.1) is 0 Å². The van der Waals surface area contributed by atoms with E-state index in [0.29, 0.717) is 17.4 Å². The number of quaternary nitrogens is 1. The van der Waals surface area contributed by atoms with Gasteiger partial charge in [0.15, 0.2) is 6.10 Å². The van der Waals surface area contributed by atoms with E-state index in [0.717, 1.165) is 109 Å². The van der Waals surface area contributed by atoms with E-state index in [-0.39, 0.29) is 26.1 Å². The first-order chi connectivity index (χ1) is 44.0. The molecule has 0 rings (SSSR count). The van der Waals surface area contributed by atoms with E-state index in [2.05, 4.69) is 160 Å². The van der Waals surface area contributed by atoms with Crippen LogP contribution in [0.15, 0.2) is 146 Å². The van der Waals surface area contributed by atoms with E-state index in [1.165, 1.54) is 154 Å².